The number of carbonyl (C=O) groups excluding carboxylic acids is 1. The van der Waals surface area contributed by atoms with Gasteiger partial charge in [0.2, 0.25) is 10.0 Å². The average Bonchev–Trinajstić information content (AvgIpc) is 3.20. The lowest BCUT2D eigenvalue weighted by molar-refractivity contribution is 0.0953. The number of benzene rings is 1. The van der Waals surface area contributed by atoms with Crippen LogP contribution in [0.3, 0.4) is 0 Å². The van der Waals surface area contributed by atoms with Crippen molar-refractivity contribution in [3.8, 4) is 0 Å². The molecule has 1 saturated heterocycles. The number of nitrogens with one attached hydrogen (secondary N) is 1. The minimum atomic E-state index is -3.60. The van der Waals surface area contributed by atoms with Crippen LogP contribution < -0.4 is 5.32 Å². The molecule has 1 aliphatic heterocycles. The Bertz CT molecular complexity index is 856. The van der Waals surface area contributed by atoms with Gasteiger partial charge in [0.25, 0.3) is 5.91 Å². The number of rotatable bonds is 7. The van der Waals surface area contributed by atoms with Crippen molar-refractivity contribution in [2.45, 2.75) is 43.4 Å². The molecule has 7 heteroatoms. The van der Waals surface area contributed by atoms with Gasteiger partial charge in [-0.3, -0.25) is 4.79 Å². The molecule has 2 aromatic rings. The maximum absolute atomic E-state index is 12.9. The van der Waals surface area contributed by atoms with Crippen LogP contribution in [0.25, 0.3) is 0 Å². The number of amides is 1. The molecule has 1 aromatic heterocycles. The van der Waals surface area contributed by atoms with Crippen molar-refractivity contribution in [3.05, 3.63) is 52.2 Å². The van der Waals surface area contributed by atoms with Crippen LogP contribution in [0.4, 0.5) is 0 Å². The highest BCUT2D eigenvalue weighted by atomic mass is 32.2. The van der Waals surface area contributed by atoms with Gasteiger partial charge in [-0.1, -0.05) is 43.7 Å². The number of piperidine rings is 1. The first-order valence-electron chi connectivity index (χ1n) is 9.41. The molecule has 5 nitrogen and oxygen atoms in total. The molecule has 1 unspecified atom stereocenters. The number of hydrogen-bond acceptors (Lipinski definition) is 4. The van der Waals surface area contributed by atoms with Crippen molar-refractivity contribution < 1.29 is 13.2 Å². The maximum Gasteiger partial charge on any atom is 0.262 e. The van der Waals surface area contributed by atoms with Crippen LogP contribution in [0.2, 0.25) is 0 Å². The fourth-order valence-electron chi connectivity index (χ4n) is 3.34. The summed E-state index contributed by atoms with van der Waals surface area (Å²) < 4.78 is 27.3. The molecule has 1 atom stereocenters. The molecule has 0 radical (unpaired) electrons. The van der Waals surface area contributed by atoms with Crippen molar-refractivity contribution in [3.63, 3.8) is 0 Å². The van der Waals surface area contributed by atoms with E-state index in [1.165, 1.54) is 21.2 Å². The number of sulfonamides is 1. The van der Waals surface area contributed by atoms with Crippen molar-refractivity contribution in [2.24, 2.45) is 0 Å². The number of hydrogen-bond donors (Lipinski definition) is 1. The molecule has 3 rings (SSSR count). The third kappa shape index (κ3) is 4.78. The molecule has 1 aliphatic rings. The van der Waals surface area contributed by atoms with Gasteiger partial charge in [-0.25, -0.2) is 8.42 Å². The van der Waals surface area contributed by atoms with Crippen LogP contribution >= 0.6 is 11.3 Å². The van der Waals surface area contributed by atoms with E-state index >= 15 is 0 Å². The number of carbonyl (C=O) groups is 1. The van der Waals surface area contributed by atoms with E-state index in [0.717, 1.165) is 25.7 Å². The minimum absolute atomic E-state index is 0.142. The van der Waals surface area contributed by atoms with E-state index < -0.39 is 10.0 Å². The van der Waals surface area contributed by atoms with Gasteiger partial charge in [-0.15, -0.1) is 11.3 Å². The Morgan fingerprint density at radius 3 is 2.56 bits per heavy atom. The highest BCUT2D eigenvalue weighted by Crippen LogP contribution is 2.27. The summed E-state index contributed by atoms with van der Waals surface area (Å²) in [7, 11) is -3.60. The number of nitrogens with zero attached hydrogens (tertiary/aromatic N) is 1. The molecule has 0 aliphatic carbocycles. The van der Waals surface area contributed by atoms with Crippen molar-refractivity contribution >= 4 is 27.3 Å². The molecule has 27 heavy (non-hydrogen) atoms. The van der Waals surface area contributed by atoms with Crippen LogP contribution in [0.5, 0.6) is 0 Å². The summed E-state index contributed by atoms with van der Waals surface area (Å²) in [5, 5.41) is 4.57. The fourth-order valence-corrected chi connectivity index (χ4v) is 6.18. The average molecular weight is 407 g/mol. The molecule has 0 saturated carbocycles. The lowest BCUT2D eigenvalue weighted by Crippen LogP contribution is -2.36. The summed E-state index contributed by atoms with van der Waals surface area (Å²) in [6, 6.07) is 11.7. The molecule has 1 amide bonds. The monoisotopic (exact) mass is 406 g/mol. The maximum atomic E-state index is 12.9. The van der Waals surface area contributed by atoms with Crippen LogP contribution in [-0.2, 0) is 10.0 Å². The van der Waals surface area contributed by atoms with Gasteiger partial charge >= 0.3 is 0 Å². The molecule has 2 heterocycles. The third-order valence-electron chi connectivity index (χ3n) is 5.00. The molecule has 0 spiro atoms. The summed E-state index contributed by atoms with van der Waals surface area (Å²) in [4.78, 5) is 13.0. The Labute approximate surface area is 165 Å². The summed E-state index contributed by atoms with van der Waals surface area (Å²) in [6.45, 7) is 3.70. The second kappa shape index (κ2) is 8.99. The first-order valence-corrected chi connectivity index (χ1v) is 11.7. The lowest BCUT2D eigenvalue weighted by Gasteiger charge is -2.25. The van der Waals surface area contributed by atoms with Gasteiger partial charge in [-0.05, 0) is 42.2 Å². The van der Waals surface area contributed by atoms with Crippen LogP contribution in [-0.4, -0.2) is 38.3 Å². The Kier molecular flexibility index (Phi) is 6.68. The zero-order chi connectivity index (χ0) is 19.3. The molecule has 146 valence electrons. The van der Waals surface area contributed by atoms with Gasteiger partial charge in [0.05, 0.1) is 0 Å². The second-order valence-corrected chi connectivity index (χ2v) is 9.76. The summed E-state index contributed by atoms with van der Waals surface area (Å²) >= 11 is 1.19. The van der Waals surface area contributed by atoms with Gasteiger partial charge in [0, 0.05) is 19.6 Å². The molecule has 1 aromatic carbocycles. The smallest absolute Gasteiger partial charge is 0.262 e. The normalized spacial score (nSPS) is 16.8. The number of thiophene rings is 1. The van der Waals surface area contributed by atoms with E-state index in [1.807, 2.05) is 18.2 Å². The van der Waals surface area contributed by atoms with Crippen molar-refractivity contribution in [2.75, 3.05) is 19.6 Å². The van der Waals surface area contributed by atoms with E-state index in [0.29, 0.717) is 25.6 Å². The van der Waals surface area contributed by atoms with E-state index in [2.05, 4.69) is 24.4 Å². The van der Waals surface area contributed by atoms with Crippen LogP contribution in [0.15, 0.2) is 46.7 Å². The standard InChI is InChI=1S/C20H26N2O3S2/c1-16(17-8-4-2-5-9-17)10-12-21-20(23)19-18(11-15-26-19)27(24,25)22-13-6-3-7-14-22/h2,4-5,8-9,11,15-16H,3,6-7,10,12-14H2,1H3,(H,21,23). The highest BCUT2D eigenvalue weighted by Gasteiger charge is 2.30. The van der Waals surface area contributed by atoms with E-state index in [-0.39, 0.29) is 15.7 Å². The highest BCUT2D eigenvalue weighted by molar-refractivity contribution is 7.89. The third-order valence-corrected chi connectivity index (χ3v) is 7.98. The first-order chi connectivity index (χ1) is 13.0. The Morgan fingerprint density at radius 1 is 1.15 bits per heavy atom. The topological polar surface area (TPSA) is 66.5 Å². The largest absolute Gasteiger partial charge is 0.351 e. The Balaban J connectivity index is 1.62. The minimum Gasteiger partial charge on any atom is -0.351 e. The molecule has 1 fully saturated rings. The predicted molar refractivity (Wildman–Crippen MR) is 109 cm³/mol. The van der Waals surface area contributed by atoms with Gasteiger partial charge in [0.15, 0.2) is 0 Å². The zero-order valence-corrected chi connectivity index (χ0v) is 17.2. The zero-order valence-electron chi connectivity index (χ0n) is 15.6. The molecular formula is C20H26N2O3S2. The molecule has 0 bridgehead atoms. The van der Waals surface area contributed by atoms with E-state index in [9.17, 15) is 13.2 Å². The van der Waals surface area contributed by atoms with Gasteiger partial charge < -0.3 is 5.32 Å². The molecular weight excluding hydrogens is 380 g/mol. The second-order valence-electron chi connectivity index (χ2n) is 6.94. The van der Waals surface area contributed by atoms with Crippen molar-refractivity contribution in [1.29, 1.82) is 0 Å². The van der Waals surface area contributed by atoms with E-state index in [4.69, 9.17) is 0 Å². The quantitative estimate of drug-likeness (QED) is 0.760. The summed E-state index contributed by atoms with van der Waals surface area (Å²) in [6.07, 6.45) is 3.61. The first kappa shape index (κ1) is 20.0. The van der Waals surface area contributed by atoms with Crippen LogP contribution in [0, 0.1) is 0 Å². The van der Waals surface area contributed by atoms with Gasteiger partial charge in [-0.2, -0.15) is 4.31 Å². The summed E-state index contributed by atoms with van der Waals surface area (Å²) in [5.41, 5.74) is 1.23. The SMILES string of the molecule is CC(CCNC(=O)c1sccc1S(=O)(=O)N1CCCCC1)c1ccccc1. The summed E-state index contributed by atoms with van der Waals surface area (Å²) in [5.74, 6) is 0.0206. The van der Waals surface area contributed by atoms with Gasteiger partial charge in [0.1, 0.15) is 9.77 Å². The Hall–Kier alpha value is -1.70. The van der Waals surface area contributed by atoms with E-state index in [1.54, 1.807) is 11.4 Å². The van der Waals surface area contributed by atoms with Crippen molar-refractivity contribution in [1.82, 2.24) is 9.62 Å². The molecule has 1 N–H and O–H groups in total. The fraction of sp³-hybridized carbons (Fsp3) is 0.450. The Morgan fingerprint density at radius 2 is 1.85 bits per heavy atom. The lowest BCUT2D eigenvalue weighted by atomic mass is 9.98. The van der Waals surface area contributed by atoms with Crippen LogP contribution in [0.1, 0.15) is 53.8 Å². The predicted octanol–water partition coefficient (Wildman–Crippen LogP) is 3.85.